The van der Waals surface area contributed by atoms with Gasteiger partial charge in [0.2, 0.25) is 0 Å². The Morgan fingerprint density at radius 1 is 1.20 bits per heavy atom. The number of carbonyl (C=O) groups is 1. The van der Waals surface area contributed by atoms with Crippen molar-refractivity contribution >= 4 is 11.6 Å². The molecule has 4 rings (SSSR count). The number of ether oxygens (including phenoxy) is 2. The van der Waals surface area contributed by atoms with Gasteiger partial charge in [0.1, 0.15) is 46.9 Å². The van der Waals surface area contributed by atoms with E-state index in [0.717, 1.165) is 24.3 Å². The lowest BCUT2D eigenvalue weighted by Crippen LogP contribution is -2.32. The van der Waals surface area contributed by atoms with E-state index in [1.165, 1.54) is 18.0 Å². The zero-order valence-corrected chi connectivity index (χ0v) is 18.9. The Morgan fingerprint density at radius 3 is 2.60 bits per heavy atom. The van der Waals surface area contributed by atoms with Gasteiger partial charge in [0.05, 0.1) is 36.9 Å². The van der Waals surface area contributed by atoms with Gasteiger partial charge in [-0.15, -0.1) is 0 Å². The predicted octanol–water partition coefficient (Wildman–Crippen LogP) is 3.68. The molecule has 1 aliphatic heterocycles. The summed E-state index contributed by atoms with van der Waals surface area (Å²) in [5.41, 5.74) is 4.84. The van der Waals surface area contributed by atoms with E-state index in [4.69, 9.17) is 15.2 Å². The van der Waals surface area contributed by atoms with Crippen LogP contribution in [0.25, 0.3) is 11.3 Å². The number of anilines is 1. The van der Waals surface area contributed by atoms with Gasteiger partial charge in [0, 0.05) is 25.2 Å². The lowest BCUT2D eigenvalue weighted by atomic mass is 10.0. The van der Waals surface area contributed by atoms with Gasteiger partial charge in [-0.05, 0) is 25.0 Å². The second-order valence-corrected chi connectivity index (χ2v) is 8.09. The SMILES string of the molecule is COc1cc(F)c(-c2nc(C(=O)Nc3cnn(C)c3[C@@H]3CC[C@@H](N)[C@@H](F)CO3)ccc2F)c(F)c1. The topological polar surface area (TPSA) is 104 Å². The van der Waals surface area contributed by atoms with E-state index < -0.39 is 52.9 Å². The van der Waals surface area contributed by atoms with Gasteiger partial charge in [0.25, 0.3) is 5.91 Å². The lowest BCUT2D eigenvalue weighted by molar-refractivity contribution is 0.0247. The number of nitrogens with two attached hydrogens (primary N) is 1. The summed E-state index contributed by atoms with van der Waals surface area (Å²) in [5, 5.41) is 6.75. The van der Waals surface area contributed by atoms with E-state index >= 15 is 0 Å². The smallest absolute Gasteiger partial charge is 0.274 e. The maximum absolute atomic E-state index is 14.5. The first-order chi connectivity index (χ1) is 16.7. The number of rotatable bonds is 5. The minimum absolute atomic E-state index is 0.0945. The van der Waals surface area contributed by atoms with Crippen molar-refractivity contribution < 1.29 is 31.8 Å². The first-order valence-electron chi connectivity index (χ1n) is 10.7. The molecule has 35 heavy (non-hydrogen) atoms. The second-order valence-electron chi connectivity index (χ2n) is 8.09. The van der Waals surface area contributed by atoms with Gasteiger partial charge >= 0.3 is 0 Å². The van der Waals surface area contributed by atoms with Crippen LogP contribution < -0.4 is 15.8 Å². The van der Waals surface area contributed by atoms with Crippen LogP contribution in [0.2, 0.25) is 0 Å². The Balaban J connectivity index is 1.62. The molecule has 3 atom stereocenters. The zero-order chi connectivity index (χ0) is 25.3. The van der Waals surface area contributed by atoms with E-state index in [0.29, 0.717) is 18.5 Å². The first-order valence-corrected chi connectivity index (χ1v) is 10.7. The van der Waals surface area contributed by atoms with Gasteiger partial charge in [0.15, 0.2) is 0 Å². The number of aryl methyl sites for hydroxylation is 1. The zero-order valence-electron chi connectivity index (χ0n) is 18.9. The fraction of sp³-hybridized carbons (Fsp3) is 0.348. The van der Waals surface area contributed by atoms with Crippen LogP contribution in [0.5, 0.6) is 5.75 Å². The molecule has 0 spiro atoms. The monoisotopic (exact) mass is 493 g/mol. The molecule has 186 valence electrons. The number of hydrogen-bond donors (Lipinski definition) is 2. The number of benzene rings is 1. The largest absolute Gasteiger partial charge is 0.497 e. The van der Waals surface area contributed by atoms with Crippen LogP contribution in [-0.4, -0.2) is 46.6 Å². The van der Waals surface area contributed by atoms with Crippen LogP contribution in [0.15, 0.2) is 30.5 Å². The standard InChI is InChI=1S/C23H23F4N5O3/c1-32-22(19-6-4-16(28)15(27)10-35-19)18(9-29-32)31-23(33)17-5-3-12(24)21(30-17)20-13(25)7-11(34-2)8-14(20)26/h3,5,7-9,15-16,19H,4,6,10,28H2,1-2H3,(H,31,33)/t15-,16+,19-/m0/s1. The van der Waals surface area contributed by atoms with Crippen molar-refractivity contribution in [2.75, 3.05) is 19.0 Å². The molecule has 0 bridgehead atoms. The molecule has 1 aliphatic rings. The summed E-state index contributed by atoms with van der Waals surface area (Å²) < 4.78 is 69.4. The van der Waals surface area contributed by atoms with Gasteiger partial charge in [-0.3, -0.25) is 9.48 Å². The molecule has 8 nitrogen and oxygen atoms in total. The minimum Gasteiger partial charge on any atom is -0.497 e. The second kappa shape index (κ2) is 10.0. The molecular weight excluding hydrogens is 470 g/mol. The molecule has 1 aromatic carbocycles. The van der Waals surface area contributed by atoms with Crippen LogP contribution in [0.3, 0.4) is 0 Å². The van der Waals surface area contributed by atoms with Crippen LogP contribution in [0.4, 0.5) is 23.2 Å². The summed E-state index contributed by atoms with van der Waals surface area (Å²) in [6.45, 7) is -0.202. The Kier molecular flexibility index (Phi) is 7.03. The molecule has 12 heteroatoms. The maximum atomic E-state index is 14.5. The highest BCUT2D eigenvalue weighted by molar-refractivity contribution is 6.03. The number of pyridine rings is 1. The van der Waals surface area contributed by atoms with Crippen LogP contribution in [-0.2, 0) is 11.8 Å². The molecule has 0 unspecified atom stereocenters. The van der Waals surface area contributed by atoms with Gasteiger partial charge in [-0.2, -0.15) is 5.10 Å². The van der Waals surface area contributed by atoms with Gasteiger partial charge in [-0.25, -0.2) is 22.5 Å². The number of carbonyl (C=O) groups excluding carboxylic acids is 1. The first kappa shape index (κ1) is 24.6. The molecule has 3 heterocycles. The summed E-state index contributed by atoms with van der Waals surface area (Å²) in [7, 11) is 2.87. The molecule has 1 amide bonds. The average Bonchev–Trinajstić information content (AvgIpc) is 3.09. The van der Waals surface area contributed by atoms with Gasteiger partial charge < -0.3 is 20.5 Å². The summed E-state index contributed by atoms with van der Waals surface area (Å²) in [4.78, 5) is 16.8. The quantitative estimate of drug-likeness (QED) is 0.526. The molecule has 3 aromatic rings. The van der Waals surface area contributed by atoms with E-state index in [-0.39, 0.29) is 23.7 Å². The third-order valence-corrected chi connectivity index (χ3v) is 5.79. The summed E-state index contributed by atoms with van der Waals surface area (Å²) in [6, 6.07) is 3.08. The van der Waals surface area contributed by atoms with E-state index in [1.807, 2.05) is 0 Å². The number of hydrogen-bond acceptors (Lipinski definition) is 6. The maximum Gasteiger partial charge on any atom is 0.274 e. The minimum atomic E-state index is -1.31. The number of nitrogens with one attached hydrogen (secondary N) is 1. The summed E-state index contributed by atoms with van der Waals surface area (Å²) in [6.07, 6.45) is 0.253. The number of aromatic nitrogens is 3. The Bertz CT molecular complexity index is 1220. The predicted molar refractivity (Wildman–Crippen MR) is 118 cm³/mol. The van der Waals surface area contributed by atoms with Crippen molar-refractivity contribution in [3.63, 3.8) is 0 Å². The van der Waals surface area contributed by atoms with Crippen molar-refractivity contribution in [1.29, 1.82) is 0 Å². The van der Waals surface area contributed by atoms with Gasteiger partial charge in [-0.1, -0.05) is 0 Å². The molecule has 2 aromatic heterocycles. The number of nitrogens with zero attached hydrogens (tertiary/aromatic N) is 3. The fourth-order valence-corrected chi connectivity index (χ4v) is 3.90. The Labute approximate surface area is 198 Å². The molecule has 1 fully saturated rings. The van der Waals surface area contributed by atoms with Crippen molar-refractivity contribution in [2.24, 2.45) is 12.8 Å². The number of methoxy groups -OCH3 is 1. The fourth-order valence-electron chi connectivity index (χ4n) is 3.90. The normalized spacial score (nSPS) is 20.4. The van der Waals surface area contributed by atoms with Crippen molar-refractivity contribution in [1.82, 2.24) is 14.8 Å². The van der Waals surface area contributed by atoms with Crippen molar-refractivity contribution in [2.45, 2.75) is 31.2 Å². The molecular formula is C23H23F4N5O3. The summed E-state index contributed by atoms with van der Waals surface area (Å²) >= 11 is 0. The average molecular weight is 493 g/mol. The van der Waals surface area contributed by atoms with Crippen LogP contribution >= 0.6 is 0 Å². The molecule has 0 aliphatic carbocycles. The third kappa shape index (κ3) is 4.98. The van der Waals surface area contributed by atoms with Crippen LogP contribution in [0.1, 0.15) is 35.1 Å². The Hall–Kier alpha value is -3.51. The highest BCUT2D eigenvalue weighted by Gasteiger charge is 2.30. The number of alkyl halides is 1. The van der Waals surface area contributed by atoms with E-state index in [2.05, 4.69) is 15.4 Å². The van der Waals surface area contributed by atoms with E-state index in [1.54, 1.807) is 7.05 Å². The highest BCUT2D eigenvalue weighted by atomic mass is 19.1. The summed E-state index contributed by atoms with van der Waals surface area (Å²) in [5.74, 6) is -4.09. The third-order valence-electron chi connectivity index (χ3n) is 5.79. The molecule has 1 saturated heterocycles. The van der Waals surface area contributed by atoms with Crippen molar-refractivity contribution in [3.05, 3.63) is 59.3 Å². The molecule has 0 saturated carbocycles. The molecule has 3 N–H and O–H groups in total. The van der Waals surface area contributed by atoms with Crippen molar-refractivity contribution in [3.8, 4) is 17.0 Å². The number of amides is 1. The number of halogens is 4. The van der Waals surface area contributed by atoms with E-state index in [9.17, 15) is 22.4 Å². The molecule has 0 radical (unpaired) electrons. The Morgan fingerprint density at radius 2 is 1.91 bits per heavy atom. The van der Waals surface area contributed by atoms with Crippen LogP contribution in [0, 0.1) is 17.5 Å². The lowest BCUT2D eigenvalue weighted by Gasteiger charge is -2.17. The highest BCUT2D eigenvalue weighted by Crippen LogP contribution is 2.33.